The van der Waals surface area contributed by atoms with Gasteiger partial charge in [0.05, 0.1) is 12.7 Å². The second kappa shape index (κ2) is 5.45. The molecule has 0 radical (unpaired) electrons. The molecule has 7 nitrogen and oxygen atoms in total. The van der Waals surface area contributed by atoms with Crippen molar-refractivity contribution < 1.29 is 22.8 Å². The van der Waals surface area contributed by atoms with E-state index >= 15 is 0 Å². The lowest BCUT2D eigenvalue weighted by atomic mass is 9.78. The number of nitrogens with one attached hydrogen (secondary N) is 1. The minimum Gasteiger partial charge on any atom is -0.299 e. The Kier molecular flexibility index (Phi) is 4.22. The zero-order chi connectivity index (χ0) is 15.0. The van der Waals surface area contributed by atoms with E-state index < -0.39 is 27.3 Å². The maximum absolute atomic E-state index is 12.4. The van der Waals surface area contributed by atoms with Gasteiger partial charge in [-0.3, -0.25) is 24.0 Å². The summed E-state index contributed by atoms with van der Waals surface area (Å²) in [4.78, 5) is 37.8. The van der Waals surface area contributed by atoms with Crippen LogP contribution in [0.15, 0.2) is 0 Å². The minimum absolute atomic E-state index is 0.0482. The van der Waals surface area contributed by atoms with E-state index in [-0.39, 0.29) is 25.0 Å². The fourth-order valence-corrected chi connectivity index (χ4v) is 4.11. The summed E-state index contributed by atoms with van der Waals surface area (Å²) >= 11 is 1.57. The standard InChI is InChI=1S/C11H16N2O5S2/c1-20(17,18)12-10(16)11(13-4-5-19-7-13)3-2-8(14)6-9(11)15/h2-7H2,1H3,(H,12,16). The molecule has 9 heteroatoms. The smallest absolute Gasteiger partial charge is 0.261 e. The van der Waals surface area contributed by atoms with Crippen LogP contribution in [0.4, 0.5) is 0 Å². The maximum Gasteiger partial charge on any atom is 0.261 e. The summed E-state index contributed by atoms with van der Waals surface area (Å²) in [6.07, 6.45) is 0.727. The SMILES string of the molecule is CS(=O)(=O)NC(=O)C1(N2CCSC2)CCC(=O)CC1=O. The van der Waals surface area contributed by atoms with Gasteiger partial charge in [0.2, 0.25) is 10.0 Å². The molecule has 0 aromatic heterocycles. The van der Waals surface area contributed by atoms with E-state index in [0.717, 1.165) is 12.0 Å². The summed E-state index contributed by atoms with van der Waals surface area (Å²) in [5.41, 5.74) is -1.51. The number of hydrogen-bond acceptors (Lipinski definition) is 7. The Labute approximate surface area is 121 Å². The highest BCUT2D eigenvalue weighted by molar-refractivity contribution is 7.99. The molecule has 0 bridgehead atoms. The van der Waals surface area contributed by atoms with Gasteiger partial charge in [0, 0.05) is 24.6 Å². The fraction of sp³-hybridized carbons (Fsp3) is 0.727. The first kappa shape index (κ1) is 15.5. The summed E-state index contributed by atoms with van der Waals surface area (Å²) in [5.74, 6) is -0.284. The van der Waals surface area contributed by atoms with Crippen molar-refractivity contribution in [1.82, 2.24) is 9.62 Å². The van der Waals surface area contributed by atoms with Crippen LogP contribution in [0.1, 0.15) is 19.3 Å². The highest BCUT2D eigenvalue weighted by atomic mass is 32.2. The van der Waals surface area contributed by atoms with Gasteiger partial charge in [-0.25, -0.2) is 8.42 Å². The molecule has 1 atom stereocenters. The predicted octanol–water partition coefficient (Wildman–Crippen LogP) is -0.871. The van der Waals surface area contributed by atoms with Gasteiger partial charge in [-0.1, -0.05) is 0 Å². The highest BCUT2D eigenvalue weighted by Gasteiger charge is 2.54. The first-order chi connectivity index (χ1) is 9.25. The number of sulfonamides is 1. The first-order valence-corrected chi connectivity index (χ1v) is 9.20. The Morgan fingerprint density at radius 3 is 2.60 bits per heavy atom. The minimum atomic E-state index is -3.75. The Morgan fingerprint density at radius 1 is 1.40 bits per heavy atom. The molecule has 1 unspecified atom stereocenters. The molecular weight excluding hydrogens is 304 g/mol. The van der Waals surface area contributed by atoms with Crippen LogP contribution in [0.3, 0.4) is 0 Å². The molecule has 2 rings (SSSR count). The molecule has 20 heavy (non-hydrogen) atoms. The van der Waals surface area contributed by atoms with E-state index in [0.29, 0.717) is 12.4 Å². The van der Waals surface area contributed by atoms with Crippen LogP contribution in [0, 0.1) is 0 Å². The van der Waals surface area contributed by atoms with Crippen molar-refractivity contribution in [2.45, 2.75) is 24.8 Å². The molecule has 112 valence electrons. The highest BCUT2D eigenvalue weighted by Crippen LogP contribution is 2.34. The zero-order valence-corrected chi connectivity index (χ0v) is 12.7. The average Bonchev–Trinajstić information content (AvgIpc) is 2.80. The number of ketones is 2. The molecular formula is C11H16N2O5S2. The van der Waals surface area contributed by atoms with Crippen molar-refractivity contribution in [1.29, 1.82) is 0 Å². The largest absolute Gasteiger partial charge is 0.299 e. The van der Waals surface area contributed by atoms with Crippen LogP contribution < -0.4 is 4.72 Å². The van der Waals surface area contributed by atoms with Crippen molar-refractivity contribution in [2.24, 2.45) is 0 Å². The van der Waals surface area contributed by atoms with Gasteiger partial charge < -0.3 is 0 Å². The lowest BCUT2D eigenvalue weighted by Crippen LogP contribution is -2.65. The number of Topliss-reactive ketones (excluding diaryl/α,β-unsaturated/α-hetero) is 2. The molecule has 1 saturated heterocycles. The van der Waals surface area contributed by atoms with Gasteiger partial charge in [-0.15, -0.1) is 11.8 Å². The van der Waals surface area contributed by atoms with Gasteiger partial charge in [0.15, 0.2) is 11.3 Å². The van der Waals surface area contributed by atoms with Crippen LogP contribution in [0.25, 0.3) is 0 Å². The molecule has 1 N–H and O–H groups in total. The van der Waals surface area contributed by atoms with E-state index in [1.165, 1.54) is 0 Å². The molecule has 0 aromatic rings. The lowest BCUT2D eigenvalue weighted by Gasteiger charge is -2.40. The zero-order valence-electron chi connectivity index (χ0n) is 11.0. The van der Waals surface area contributed by atoms with Gasteiger partial charge >= 0.3 is 0 Å². The predicted molar refractivity (Wildman–Crippen MR) is 73.6 cm³/mol. The Bertz CT molecular complexity index is 553. The number of rotatable bonds is 3. The fourth-order valence-electron chi connectivity index (χ4n) is 2.56. The molecule has 2 fully saturated rings. The second-order valence-electron chi connectivity index (χ2n) is 5.00. The van der Waals surface area contributed by atoms with Crippen LogP contribution in [0.2, 0.25) is 0 Å². The molecule has 1 aliphatic carbocycles. The second-order valence-corrected chi connectivity index (χ2v) is 7.83. The molecule has 1 saturated carbocycles. The number of nitrogens with zero attached hydrogens (tertiary/aromatic N) is 1. The summed E-state index contributed by atoms with van der Waals surface area (Å²) in [5, 5.41) is 0. The van der Waals surface area contributed by atoms with Crippen LogP contribution >= 0.6 is 11.8 Å². The topological polar surface area (TPSA) is 101 Å². The van der Waals surface area contributed by atoms with Crippen LogP contribution in [-0.4, -0.2) is 60.8 Å². The quantitative estimate of drug-likeness (QED) is 0.675. The van der Waals surface area contributed by atoms with Gasteiger partial charge in [-0.05, 0) is 6.42 Å². The van der Waals surface area contributed by atoms with Crippen molar-refractivity contribution in [3.8, 4) is 0 Å². The molecule has 1 amide bonds. The van der Waals surface area contributed by atoms with Gasteiger partial charge in [0.1, 0.15) is 5.78 Å². The summed E-state index contributed by atoms with van der Waals surface area (Å²) < 4.78 is 24.5. The number of carbonyl (C=O) groups is 3. The van der Waals surface area contributed by atoms with Crippen molar-refractivity contribution in [3.63, 3.8) is 0 Å². The van der Waals surface area contributed by atoms with Crippen molar-refractivity contribution >= 4 is 39.3 Å². The van der Waals surface area contributed by atoms with E-state index in [4.69, 9.17) is 0 Å². The Hall–Kier alpha value is -0.930. The van der Waals surface area contributed by atoms with Crippen LogP contribution in [0.5, 0.6) is 0 Å². The molecule has 1 heterocycles. The maximum atomic E-state index is 12.4. The molecule has 0 spiro atoms. The van der Waals surface area contributed by atoms with E-state index in [1.807, 2.05) is 4.72 Å². The third-order valence-electron chi connectivity index (χ3n) is 3.53. The summed E-state index contributed by atoms with van der Waals surface area (Å²) in [6.45, 7) is 0.530. The van der Waals surface area contributed by atoms with Crippen molar-refractivity contribution in [2.75, 3.05) is 24.4 Å². The molecule has 0 aromatic carbocycles. The van der Waals surface area contributed by atoms with E-state index in [9.17, 15) is 22.8 Å². The number of amides is 1. The first-order valence-electron chi connectivity index (χ1n) is 6.16. The van der Waals surface area contributed by atoms with Gasteiger partial charge in [0.25, 0.3) is 5.91 Å². The van der Waals surface area contributed by atoms with E-state index in [1.54, 1.807) is 16.7 Å². The Balaban J connectivity index is 2.36. The number of carbonyl (C=O) groups excluding carboxylic acids is 3. The number of thioether (sulfide) groups is 1. The normalized spacial score (nSPS) is 28.6. The Morgan fingerprint density at radius 2 is 2.10 bits per heavy atom. The number of hydrogen-bond donors (Lipinski definition) is 1. The monoisotopic (exact) mass is 320 g/mol. The summed E-state index contributed by atoms with van der Waals surface area (Å²) in [7, 11) is -3.75. The molecule has 1 aliphatic heterocycles. The molecule has 2 aliphatic rings. The van der Waals surface area contributed by atoms with Crippen molar-refractivity contribution in [3.05, 3.63) is 0 Å². The van der Waals surface area contributed by atoms with Gasteiger partial charge in [-0.2, -0.15) is 0 Å². The summed E-state index contributed by atoms with van der Waals surface area (Å²) in [6, 6.07) is 0. The third kappa shape index (κ3) is 2.89. The average molecular weight is 320 g/mol. The third-order valence-corrected chi connectivity index (χ3v) is 5.05. The van der Waals surface area contributed by atoms with E-state index in [2.05, 4.69) is 0 Å². The lowest BCUT2D eigenvalue weighted by molar-refractivity contribution is -0.148. The van der Waals surface area contributed by atoms with Crippen LogP contribution in [-0.2, 0) is 24.4 Å².